The second-order valence-corrected chi connectivity index (χ2v) is 7.20. The maximum Gasteiger partial charge on any atom is 0.416 e. The van der Waals surface area contributed by atoms with E-state index >= 15 is 0 Å². The molecule has 3 aromatic carbocycles. The van der Waals surface area contributed by atoms with Crippen LogP contribution in [0.4, 0.5) is 69.7 Å². The Morgan fingerprint density at radius 2 is 0.972 bits per heavy atom. The number of alkyl halides is 12. The van der Waals surface area contributed by atoms with Crippen LogP contribution < -0.4 is 16.1 Å². The normalized spacial score (nSPS) is 13.9. The van der Waals surface area contributed by atoms with E-state index < -0.39 is 80.6 Å². The number of hydrogen-bond acceptors (Lipinski definition) is 4. The third-order valence-corrected chi connectivity index (χ3v) is 4.57. The van der Waals surface area contributed by atoms with Gasteiger partial charge in [-0.25, -0.2) is 4.99 Å². The third-order valence-electron chi connectivity index (χ3n) is 4.57. The Morgan fingerprint density at radius 3 is 1.31 bits per heavy atom. The van der Waals surface area contributed by atoms with Gasteiger partial charge in [-0.2, -0.15) is 52.7 Å². The number of benzene rings is 2. The summed E-state index contributed by atoms with van der Waals surface area (Å²) < 4.78 is 155. The molecule has 16 heteroatoms. The minimum absolute atomic E-state index is 0.136. The second-order valence-electron chi connectivity index (χ2n) is 7.20. The first-order chi connectivity index (χ1) is 16.2. The van der Waals surface area contributed by atoms with E-state index in [1.807, 2.05) is 5.32 Å². The standard InChI is InChI=1S/C20H8F12N2O2/c21-17(22,23)7-1-8(18(24,25)26)4-11(3-7)33-13-15(35)14(16(13)36)34-12-5-9(19(27,28)29)2-10(6-12)20(30,31)32/h1-6,33,35H. The lowest BCUT2D eigenvalue weighted by Gasteiger charge is -2.16. The van der Waals surface area contributed by atoms with Crippen molar-refractivity contribution in [3.63, 3.8) is 0 Å². The Hall–Kier alpha value is -3.72. The van der Waals surface area contributed by atoms with E-state index in [2.05, 4.69) is 4.99 Å². The van der Waals surface area contributed by atoms with E-state index in [1.165, 1.54) is 0 Å². The van der Waals surface area contributed by atoms with Gasteiger partial charge in [-0.1, -0.05) is 0 Å². The van der Waals surface area contributed by atoms with Gasteiger partial charge in [0.1, 0.15) is 5.69 Å². The molecule has 3 rings (SSSR count). The van der Waals surface area contributed by atoms with Crippen molar-refractivity contribution in [2.24, 2.45) is 4.99 Å². The lowest BCUT2D eigenvalue weighted by Crippen LogP contribution is -2.33. The van der Waals surface area contributed by atoms with Gasteiger partial charge in [0, 0.05) is 5.69 Å². The van der Waals surface area contributed by atoms with Gasteiger partial charge in [-0.3, -0.25) is 4.79 Å². The maximum absolute atomic E-state index is 13.0. The van der Waals surface area contributed by atoms with Crippen LogP contribution in [0.2, 0.25) is 0 Å². The zero-order valence-electron chi connectivity index (χ0n) is 16.8. The molecule has 0 fully saturated rings. The average molecular weight is 536 g/mol. The van der Waals surface area contributed by atoms with Crippen LogP contribution in [0.25, 0.3) is 0 Å². The molecule has 0 amide bonds. The number of nitrogens with one attached hydrogen (secondary N) is 1. The molecule has 194 valence electrons. The first-order valence-electron chi connectivity index (χ1n) is 9.11. The quantitative estimate of drug-likeness (QED) is 0.368. The van der Waals surface area contributed by atoms with Crippen molar-refractivity contribution < 1.29 is 57.8 Å². The highest BCUT2D eigenvalue weighted by molar-refractivity contribution is 5.70. The zero-order chi connectivity index (χ0) is 27.4. The van der Waals surface area contributed by atoms with Crippen molar-refractivity contribution in [1.29, 1.82) is 0 Å². The molecule has 2 N–H and O–H groups in total. The van der Waals surface area contributed by atoms with Crippen LogP contribution in [-0.4, -0.2) is 5.11 Å². The maximum atomic E-state index is 13.0. The Balaban J connectivity index is 2.07. The topological polar surface area (TPSA) is 61.7 Å². The van der Waals surface area contributed by atoms with Crippen LogP contribution in [-0.2, 0) is 24.7 Å². The first-order valence-corrected chi connectivity index (χ1v) is 9.11. The molecule has 3 aromatic rings. The van der Waals surface area contributed by atoms with Crippen molar-refractivity contribution in [2.45, 2.75) is 24.7 Å². The second kappa shape index (κ2) is 8.44. The lowest BCUT2D eigenvalue weighted by atomic mass is 10.1. The number of nitrogens with zero attached hydrogens (tertiary/aromatic N) is 1. The fourth-order valence-electron chi connectivity index (χ4n) is 2.91. The third kappa shape index (κ3) is 5.57. The number of hydrogen-bond donors (Lipinski definition) is 2. The Labute approximate surface area is 190 Å². The molecule has 0 heterocycles. The molecule has 0 saturated carbocycles. The molecule has 0 atom stereocenters. The summed E-state index contributed by atoms with van der Waals surface area (Å²) in [5.41, 5.74) is -11.5. The lowest BCUT2D eigenvalue weighted by molar-refractivity contribution is -0.144. The van der Waals surface area contributed by atoms with Crippen LogP contribution in [0, 0.1) is 0 Å². The monoisotopic (exact) mass is 536 g/mol. The molecule has 0 saturated heterocycles. The minimum Gasteiger partial charge on any atom is -0.504 e. The summed E-state index contributed by atoms with van der Waals surface area (Å²) in [5.74, 6) is -1.21. The number of aromatic hydroxyl groups is 1. The van der Waals surface area contributed by atoms with Gasteiger partial charge >= 0.3 is 24.7 Å². The van der Waals surface area contributed by atoms with Crippen LogP contribution in [0.3, 0.4) is 0 Å². The van der Waals surface area contributed by atoms with Crippen LogP contribution in [0.5, 0.6) is 5.75 Å². The van der Waals surface area contributed by atoms with Crippen molar-refractivity contribution >= 4 is 17.1 Å². The summed E-state index contributed by atoms with van der Waals surface area (Å²) in [6, 6.07) is 0.204. The van der Waals surface area contributed by atoms with Crippen molar-refractivity contribution in [1.82, 2.24) is 0 Å². The summed E-state index contributed by atoms with van der Waals surface area (Å²) >= 11 is 0. The molecule has 0 aliphatic carbocycles. The minimum atomic E-state index is -5.25. The Bertz CT molecular complexity index is 1320. The molecule has 0 bridgehead atoms. The summed E-state index contributed by atoms with van der Waals surface area (Å²) in [6.07, 6.45) is -21.0. The molecule has 0 radical (unpaired) electrons. The summed E-state index contributed by atoms with van der Waals surface area (Å²) in [5, 5.41) is 10.7. The van der Waals surface area contributed by atoms with Gasteiger partial charge < -0.3 is 10.4 Å². The van der Waals surface area contributed by atoms with Crippen LogP contribution >= 0.6 is 0 Å². The average Bonchev–Trinajstić information content (AvgIpc) is 2.72. The molecule has 0 aromatic heterocycles. The Morgan fingerprint density at radius 1 is 0.611 bits per heavy atom. The molecule has 0 aliphatic heterocycles. The fourth-order valence-corrected chi connectivity index (χ4v) is 2.91. The zero-order valence-corrected chi connectivity index (χ0v) is 16.8. The Kier molecular flexibility index (Phi) is 6.30. The van der Waals surface area contributed by atoms with Gasteiger partial charge in [0.2, 0.25) is 5.43 Å². The number of halogens is 12. The predicted molar refractivity (Wildman–Crippen MR) is 98.1 cm³/mol. The molecule has 4 nitrogen and oxygen atoms in total. The van der Waals surface area contributed by atoms with Gasteiger partial charge in [0.15, 0.2) is 11.1 Å². The van der Waals surface area contributed by atoms with Crippen molar-refractivity contribution in [2.75, 3.05) is 5.32 Å². The predicted octanol–water partition coefficient (Wildman–Crippen LogP) is 6.68. The van der Waals surface area contributed by atoms with E-state index in [1.54, 1.807) is 0 Å². The van der Waals surface area contributed by atoms with E-state index in [-0.39, 0.29) is 36.4 Å². The molecule has 0 aliphatic rings. The van der Waals surface area contributed by atoms with Gasteiger partial charge in [-0.05, 0) is 36.4 Å². The number of rotatable bonds is 3. The largest absolute Gasteiger partial charge is 0.504 e. The van der Waals surface area contributed by atoms with Crippen molar-refractivity contribution in [3.05, 3.63) is 74.2 Å². The van der Waals surface area contributed by atoms with Crippen molar-refractivity contribution in [3.8, 4) is 5.75 Å². The van der Waals surface area contributed by atoms with Gasteiger partial charge in [0.25, 0.3) is 0 Å². The van der Waals surface area contributed by atoms with Crippen LogP contribution in [0.15, 0.2) is 46.2 Å². The van der Waals surface area contributed by atoms with E-state index in [4.69, 9.17) is 0 Å². The summed E-state index contributed by atoms with van der Waals surface area (Å²) in [6.45, 7) is 0. The fraction of sp³-hybridized carbons (Fsp3) is 0.200. The highest BCUT2D eigenvalue weighted by Gasteiger charge is 2.38. The highest BCUT2D eigenvalue weighted by Crippen LogP contribution is 2.40. The summed E-state index contributed by atoms with van der Waals surface area (Å²) in [7, 11) is 0. The SMILES string of the molecule is O=c1c(Nc2cc(C(F)(F)F)cc(C(F)(F)F)c2)c(O)c1=Nc1cc(C(F)(F)F)cc(C(F)(F)F)c1. The first kappa shape index (κ1) is 26.9. The van der Waals surface area contributed by atoms with E-state index in [0.29, 0.717) is 0 Å². The molecular formula is C20H8F12N2O2. The van der Waals surface area contributed by atoms with E-state index in [0.717, 1.165) is 0 Å². The molecule has 0 spiro atoms. The molecule has 0 unspecified atom stereocenters. The molecule has 36 heavy (non-hydrogen) atoms. The van der Waals surface area contributed by atoms with Gasteiger partial charge in [-0.15, -0.1) is 0 Å². The van der Waals surface area contributed by atoms with Crippen LogP contribution in [0.1, 0.15) is 22.3 Å². The smallest absolute Gasteiger partial charge is 0.416 e. The summed E-state index contributed by atoms with van der Waals surface area (Å²) in [4.78, 5) is 15.4. The highest BCUT2D eigenvalue weighted by atomic mass is 19.4. The molecular weight excluding hydrogens is 528 g/mol. The van der Waals surface area contributed by atoms with E-state index in [9.17, 15) is 62.6 Å². The van der Waals surface area contributed by atoms with Gasteiger partial charge in [0.05, 0.1) is 27.9 Å². The number of anilines is 2.